The number of halogens is 3. The van der Waals surface area contributed by atoms with Gasteiger partial charge in [-0.1, -0.05) is 35.3 Å². The number of anilines is 1. The molecule has 0 aliphatic rings. The highest BCUT2D eigenvalue weighted by Crippen LogP contribution is 2.29. The average Bonchev–Trinajstić information content (AvgIpc) is 3.33. The van der Waals surface area contributed by atoms with Crippen LogP contribution in [0.4, 0.5) is 10.1 Å². The molecule has 0 bridgehead atoms. The number of amides is 1. The fraction of sp³-hybridized carbons (Fsp3) is 0.0500. The summed E-state index contributed by atoms with van der Waals surface area (Å²) in [5, 5.41) is 14.8. The molecule has 0 spiro atoms. The first-order valence-electron chi connectivity index (χ1n) is 8.57. The zero-order valence-electron chi connectivity index (χ0n) is 14.9. The van der Waals surface area contributed by atoms with Gasteiger partial charge in [0.05, 0.1) is 29.1 Å². The molecule has 0 saturated carbocycles. The van der Waals surface area contributed by atoms with Crippen molar-refractivity contribution >= 4 is 34.8 Å². The van der Waals surface area contributed by atoms with E-state index in [4.69, 9.17) is 23.2 Å². The van der Waals surface area contributed by atoms with Crippen molar-refractivity contribution in [2.24, 2.45) is 0 Å². The lowest BCUT2D eigenvalue weighted by atomic mass is 10.1. The molecule has 0 fully saturated rings. The van der Waals surface area contributed by atoms with Crippen LogP contribution in [0, 0.1) is 5.82 Å². The van der Waals surface area contributed by atoms with E-state index in [2.05, 4.69) is 20.6 Å². The molecule has 146 valence electrons. The average molecular weight is 430 g/mol. The Labute approximate surface area is 175 Å². The van der Waals surface area contributed by atoms with Gasteiger partial charge in [0.1, 0.15) is 11.5 Å². The number of hydrogen-bond donors (Lipinski definition) is 2. The lowest BCUT2D eigenvalue weighted by Crippen LogP contribution is -2.11. The van der Waals surface area contributed by atoms with E-state index in [0.717, 1.165) is 5.56 Å². The normalized spacial score (nSPS) is 10.9. The van der Waals surface area contributed by atoms with Crippen molar-refractivity contribution in [1.29, 1.82) is 0 Å². The van der Waals surface area contributed by atoms with Gasteiger partial charge in [-0.25, -0.2) is 4.39 Å². The Morgan fingerprint density at radius 1 is 1.14 bits per heavy atom. The molecule has 2 heterocycles. The van der Waals surface area contributed by atoms with E-state index in [1.54, 1.807) is 47.3 Å². The van der Waals surface area contributed by atoms with Crippen molar-refractivity contribution in [2.45, 2.75) is 6.54 Å². The molecule has 0 aliphatic carbocycles. The predicted molar refractivity (Wildman–Crippen MR) is 110 cm³/mol. The number of carbonyl (C=O) groups is 1. The summed E-state index contributed by atoms with van der Waals surface area (Å²) in [7, 11) is 0. The van der Waals surface area contributed by atoms with Gasteiger partial charge in [-0.2, -0.15) is 10.2 Å². The Balaban J connectivity index is 1.44. The van der Waals surface area contributed by atoms with Gasteiger partial charge in [-0.05, 0) is 42.0 Å². The van der Waals surface area contributed by atoms with Crippen molar-refractivity contribution in [1.82, 2.24) is 20.0 Å². The summed E-state index contributed by atoms with van der Waals surface area (Å²) in [6.07, 6.45) is 3.23. The molecular weight excluding hydrogens is 416 g/mol. The number of aromatic nitrogens is 4. The summed E-state index contributed by atoms with van der Waals surface area (Å²) < 4.78 is 14.6. The summed E-state index contributed by atoms with van der Waals surface area (Å²) in [6.45, 7) is 0.458. The molecule has 2 aromatic heterocycles. The number of aromatic amines is 1. The maximum atomic E-state index is 13.0. The number of hydrogen-bond acceptors (Lipinski definition) is 3. The Kier molecular flexibility index (Phi) is 5.33. The first-order chi connectivity index (χ1) is 14.0. The first-order valence-corrected chi connectivity index (χ1v) is 9.32. The van der Waals surface area contributed by atoms with Crippen molar-refractivity contribution in [3.63, 3.8) is 0 Å². The van der Waals surface area contributed by atoms with Crippen LogP contribution >= 0.6 is 23.2 Å². The zero-order chi connectivity index (χ0) is 20.4. The van der Waals surface area contributed by atoms with Crippen molar-refractivity contribution < 1.29 is 9.18 Å². The smallest absolute Gasteiger partial charge is 0.273 e. The summed E-state index contributed by atoms with van der Waals surface area (Å²) >= 11 is 12.1. The molecule has 0 saturated heterocycles. The third-order valence-electron chi connectivity index (χ3n) is 4.18. The van der Waals surface area contributed by atoms with Crippen LogP contribution in [0.2, 0.25) is 10.0 Å². The van der Waals surface area contributed by atoms with E-state index in [0.29, 0.717) is 33.5 Å². The maximum absolute atomic E-state index is 13.0. The van der Waals surface area contributed by atoms with Gasteiger partial charge in [0, 0.05) is 16.8 Å². The summed E-state index contributed by atoms with van der Waals surface area (Å²) in [5.41, 5.74) is 2.89. The molecule has 2 aromatic carbocycles. The van der Waals surface area contributed by atoms with E-state index in [9.17, 15) is 9.18 Å². The van der Waals surface area contributed by atoms with Crippen LogP contribution < -0.4 is 5.32 Å². The highest BCUT2D eigenvalue weighted by molar-refractivity contribution is 6.36. The quantitative estimate of drug-likeness (QED) is 0.467. The molecule has 9 heteroatoms. The molecule has 2 N–H and O–H groups in total. The van der Waals surface area contributed by atoms with Gasteiger partial charge in [-0.3, -0.25) is 14.6 Å². The van der Waals surface area contributed by atoms with Gasteiger partial charge in [-0.15, -0.1) is 0 Å². The van der Waals surface area contributed by atoms with Crippen molar-refractivity contribution in [3.05, 3.63) is 88.0 Å². The molecule has 0 atom stereocenters. The molecular formula is C20H14Cl2FN5O. The molecule has 0 radical (unpaired) electrons. The topological polar surface area (TPSA) is 75.6 Å². The Hall–Kier alpha value is -3.16. The number of nitrogens with zero attached hydrogens (tertiary/aromatic N) is 3. The fourth-order valence-electron chi connectivity index (χ4n) is 2.76. The molecule has 1 amide bonds. The molecule has 6 nitrogen and oxygen atoms in total. The lowest BCUT2D eigenvalue weighted by Gasteiger charge is -2.02. The summed E-state index contributed by atoms with van der Waals surface area (Å²) in [6, 6.07) is 12.8. The third kappa shape index (κ3) is 4.47. The number of nitrogens with one attached hydrogen (secondary N) is 2. The largest absolute Gasteiger partial charge is 0.318 e. The minimum Gasteiger partial charge on any atom is -0.318 e. The van der Waals surface area contributed by atoms with Crippen LogP contribution in [0.25, 0.3) is 11.3 Å². The molecule has 0 unspecified atom stereocenters. The minimum absolute atomic E-state index is 0.275. The van der Waals surface area contributed by atoms with Crippen LogP contribution in [-0.4, -0.2) is 25.9 Å². The standard InChI is InChI=1S/C20H14Cl2FN5O/c21-13-3-6-16(17(22)7-13)18-8-19(27-26-18)20(29)25-15-9-24-28(11-15)10-12-1-4-14(23)5-2-12/h1-9,11H,10H2,(H,25,29)(H,26,27). The van der Waals surface area contributed by atoms with Crippen molar-refractivity contribution in [3.8, 4) is 11.3 Å². The summed E-state index contributed by atoms with van der Waals surface area (Å²) in [5.74, 6) is -0.656. The Morgan fingerprint density at radius 3 is 2.69 bits per heavy atom. The minimum atomic E-state index is -0.366. The van der Waals surface area contributed by atoms with Crippen LogP contribution in [0.15, 0.2) is 60.9 Å². The van der Waals surface area contributed by atoms with Crippen molar-refractivity contribution in [2.75, 3.05) is 5.32 Å². The van der Waals surface area contributed by atoms with Gasteiger partial charge in [0.2, 0.25) is 0 Å². The van der Waals surface area contributed by atoms with E-state index in [1.807, 2.05) is 0 Å². The van der Waals surface area contributed by atoms with E-state index < -0.39 is 0 Å². The second kappa shape index (κ2) is 8.06. The van der Waals surface area contributed by atoms with E-state index in [1.165, 1.54) is 18.3 Å². The van der Waals surface area contributed by atoms with Crippen LogP contribution in [0.5, 0.6) is 0 Å². The number of rotatable bonds is 5. The number of carbonyl (C=O) groups excluding carboxylic acids is 1. The summed E-state index contributed by atoms with van der Waals surface area (Å²) in [4.78, 5) is 12.5. The number of H-pyrrole nitrogens is 1. The van der Waals surface area contributed by atoms with Crippen LogP contribution in [-0.2, 0) is 6.54 Å². The second-order valence-electron chi connectivity index (χ2n) is 6.30. The maximum Gasteiger partial charge on any atom is 0.273 e. The van der Waals surface area contributed by atoms with Gasteiger partial charge >= 0.3 is 0 Å². The number of benzene rings is 2. The van der Waals surface area contributed by atoms with Gasteiger partial charge < -0.3 is 5.32 Å². The van der Waals surface area contributed by atoms with Crippen LogP contribution in [0.3, 0.4) is 0 Å². The zero-order valence-corrected chi connectivity index (χ0v) is 16.4. The SMILES string of the molecule is O=C(Nc1cnn(Cc2ccc(F)cc2)c1)c1cc(-c2ccc(Cl)cc2Cl)n[nH]1. The molecule has 4 rings (SSSR count). The Bertz CT molecular complexity index is 1170. The predicted octanol–water partition coefficient (Wildman–Crippen LogP) is 5.02. The highest BCUT2D eigenvalue weighted by Gasteiger charge is 2.14. The van der Waals surface area contributed by atoms with E-state index >= 15 is 0 Å². The second-order valence-corrected chi connectivity index (χ2v) is 7.14. The van der Waals surface area contributed by atoms with Gasteiger partial charge in [0.15, 0.2) is 0 Å². The third-order valence-corrected chi connectivity index (χ3v) is 4.73. The first kappa shape index (κ1) is 19.2. The molecule has 4 aromatic rings. The highest BCUT2D eigenvalue weighted by atomic mass is 35.5. The molecule has 29 heavy (non-hydrogen) atoms. The van der Waals surface area contributed by atoms with Gasteiger partial charge in [0.25, 0.3) is 5.91 Å². The Morgan fingerprint density at radius 2 is 1.93 bits per heavy atom. The monoisotopic (exact) mass is 429 g/mol. The van der Waals surface area contributed by atoms with E-state index in [-0.39, 0.29) is 17.4 Å². The lowest BCUT2D eigenvalue weighted by molar-refractivity contribution is 0.102. The van der Waals surface area contributed by atoms with Crippen LogP contribution in [0.1, 0.15) is 16.1 Å². The molecule has 0 aliphatic heterocycles. The fourth-order valence-corrected chi connectivity index (χ4v) is 3.27.